The molecule has 6 nitrogen and oxygen atoms in total. The van der Waals surface area contributed by atoms with Gasteiger partial charge in [-0.3, -0.25) is 0 Å². The Kier molecular flexibility index (Phi) is 2.36. The number of aliphatic hydroxyl groups is 1. The first kappa shape index (κ1) is 10.3. The minimum absolute atomic E-state index is 0.303. The zero-order valence-electron chi connectivity index (χ0n) is 9.26. The molecule has 1 aliphatic carbocycles. The van der Waals surface area contributed by atoms with E-state index in [1.54, 1.807) is 6.07 Å². The maximum atomic E-state index is 9.78. The summed E-state index contributed by atoms with van der Waals surface area (Å²) < 4.78 is 4.67. The zero-order valence-corrected chi connectivity index (χ0v) is 9.26. The number of nitrogen functional groups attached to an aromatic ring is 1. The Morgan fingerprint density at radius 1 is 1.41 bits per heavy atom. The minimum Gasteiger partial charge on any atom is -0.397 e. The summed E-state index contributed by atoms with van der Waals surface area (Å²) in [6.45, 7) is 0.510. The SMILES string of the molecule is Nc1ccc(NCC(O)C2CC2)c2nonc12. The van der Waals surface area contributed by atoms with Crippen LogP contribution < -0.4 is 11.1 Å². The second-order valence-electron chi connectivity index (χ2n) is 4.45. The average molecular weight is 234 g/mol. The summed E-state index contributed by atoms with van der Waals surface area (Å²) in [4.78, 5) is 0. The first-order valence-electron chi connectivity index (χ1n) is 5.68. The van der Waals surface area contributed by atoms with Crippen molar-refractivity contribution in [3.05, 3.63) is 12.1 Å². The van der Waals surface area contributed by atoms with Crippen molar-refractivity contribution in [1.82, 2.24) is 10.3 Å². The van der Waals surface area contributed by atoms with Crippen molar-refractivity contribution in [3.8, 4) is 0 Å². The molecule has 1 aromatic carbocycles. The van der Waals surface area contributed by atoms with Gasteiger partial charge in [0.25, 0.3) is 0 Å². The van der Waals surface area contributed by atoms with E-state index in [2.05, 4.69) is 20.3 Å². The Morgan fingerprint density at radius 3 is 2.94 bits per heavy atom. The molecule has 0 radical (unpaired) electrons. The average Bonchev–Trinajstić information content (AvgIpc) is 3.06. The number of hydrogen-bond acceptors (Lipinski definition) is 6. The summed E-state index contributed by atoms with van der Waals surface area (Å²) in [5.74, 6) is 0.446. The fourth-order valence-electron chi connectivity index (χ4n) is 1.89. The molecular formula is C11H14N4O2. The van der Waals surface area contributed by atoms with Crippen LogP contribution in [0.15, 0.2) is 16.8 Å². The van der Waals surface area contributed by atoms with Crippen molar-refractivity contribution in [2.45, 2.75) is 18.9 Å². The van der Waals surface area contributed by atoms with Gasteiger partial charge in [0, 0.05) is 6.54 Å². The van der Waals surface area contributed by atoms with Crippen LogP contribution in [0.25, 0.3) is 11.0 Å². The van der Waals surface area contributed by atoms with Crippen LogP contribution in [0.5, 0.6) is 0 Å². The molecule has 1 unspecified atom stereocenters. The maximum Gasteiger partial charge on any atom is 0.160 e. The van der Waals surface area contributed by atoms with Crippen LogP contribution in [0.1, 0.15) is 12.8 Å². The van der Waals surface area contributed by atoms with Gasteiger partial charge >= 0.3 is 0 Å². The van der Waals surface area contributed by atoms with Crippen LogP contribution in [0.2, 0.25) is 0 Å². The molecule has 1 fully saturated rings. The standard InChI is InChI=1S/C11H14N4O2/c12-7-3-4-8(11-10(7)14-17-15-11)13-5-9(16)6-1-2-6/h3-4,6,9,13,16H,1-2,5,12H2. The molecule has 3 rings (SSSR count). The molecule has 17 heavy (non-hydrogen) atoms. The van der Waals surface area contributed by atoms with Crippen molar-refractivity contribution < 1.29 is 9.74 Å². The molecule has 1 heterocycles. The third kappa shape index (κ3) is 1.91. The van der Waals surface area contributed by atoms with Gasteiger partial charge in [-0.05, 0) is 41.2 Å². The Hall–Kier alpha value is -1.82. The van der Waals surface area contributed by atoms with E-state index in [1.807, 2.05) is 6.07 Å². The molecule has 1 aliphatic rings. The molecule has 6 heteroatoms. The van der Waals surface area contributed by atoms with Crippen LogP contribution >= 0.6 is 0 Å². The van der Waals surface area contributed by atoms with Crippen LogP contribution in [-0.4, -0.2) is 28.1 Å². The minimum atomic E-state index is -0.303. The van der Waals surface area contributed by atoms with E-state index in [9.17, 15) is 5.11 Å². The summed E-state index contributed by atoms with van der Waals surface area (Å²) >= 11 is 0. The number of nitrogens with two attached hydrogens (primary N) is 1. The number of aliphatic hydroxyl groups excluding tert-OH is 1. The molecule has 2 aromatic rings. The predicted molar refractivity (Wildman–Crippen MR) is 63.4 cm³/mol. The zero-order chi connectivity index (χ0) is 11.8. The quantitative estimate of drug-likeness (QED) is 0.682. The summed E-state index contributed by atoms with van der Waals surface area (Å²) in [5, 5.41) is 20.5. The molecule has 0 amide bonds. The van der Waals surface area contributed by atoms with Crippen molar-refractivity contribution in [2.24, 2.45) is 5.92 Å². The summed E-state index contributed by atoms with van der Waals surface area (Å²) in [5.41, 5.74) is 8.22. The van der Waals surface area contributed by atoms with Crippen LogP contribution in [0, 0.1) is 5.92 Å². The molecular weight excluding hydrogens is 220 g/mol. The first-order valence-corrected chi connectivity index (χ1v) is 5.68. The highest BCUT2D eigenvalue weighted by Crippen LogP contribution is 2.33. The first-order chi connectivity index (χ1) is 8.25. The van der Waals surface area contributed by atoms with E-state index in [1.165, 1.54) is 0 Å². The number of rotatable bonds is 4. The van der Waals surface area contributed by atoms with Crippen LogP contribution in [-0.2, 0) is 0 Å². The van der Waals surface area contributed by atoms with Crippen molar-refractivity contribution in [3.63, 3.8) is 0 Å². The second-order valence-corrected chi connectivity index (χ2v) is 4.45. The molecule has 1 atom stereocenters. The van der Waals surface area contributed by atoms with Crippen molar-refractivity contribution in [1.29, 1.82) is 0 Å². The van der Waals surface area contributed by atoms with E-state index in [0.29, 0.717) is 29.2 Å². The molecule has 0 saturated heterocycles. The number of nitrogens with zero attached hydrogens (tertiary/aromatic N) is 2. The summed E-state index contributed by atoms with van der Waals surface area (Å²) in [6.07, 6.45) is 1.93. The maximum absolute atomic E-state index is 9.78. The number of anilines is 2. The van der Waals surface area contributed by atoms with Crippen LogP contribution in [0.4, 0.5) is 11.4 Å². The van der Waals surface area contributed by atoms with E-state index < -0.39 is 0 Å². The highest BCUT2D eigenvalue weighted by Gasteiger charge is 2.29. The Balaban J connectivity index is 1.80. The lowest BCUT2D eigenvalue weighted by molar-refractivity contribution is 0.164. The number of hydrogen-bond donors (Lipinski definition) is 3. The third-order valence-corrected chi connectivity index (χ3v) is 3.11. The summed E-state index contributed by atoms with van der Waals surface area (Å²) in [7, 11) is 0. The lowest BCUT2D eigenvalue weighted by Crippen LogP contribution is -2.21. The van der Waals surface area contributed by atoms with Crippen molar-refractivity contribution >= 4 is 22.4 Å². The topological polar surface area (TPSA) is 97.2 Å². The third-order valence-electron chi connectivity index (χ3n) is 3.11. The normalized spacial score (nSPS) is 17.2. The fourth-order valence-corrected chi connectivity index (χ4v) is 1.89. The Labute approximate surface area is 97.8 Å². The van der Waals surface area contributed by atoms with E-state index in [4.69, 9.17) is 5.73 Å². The lowest BCUT2D eigenvalue weighted by Gasteiger charge is -2.11. The molecule has 4 N–H and O–H groups in total. The number of benzene rings is 1. The van der Waals surface area contributed by atoms with Gasteiger partial charge in [0.2, 0.25) is 0 Å². The smallest absolute Gasteiger partial charge is 0.160 e. The van der Waals surface area contributed by atoms with E-state index in [-0.39, 0.29) is 6.10 Å². The number of fused-ring (bicyclic) bond motifs is 1. The van der Waals surface area contributed by atoms with Gasteiger partial charge in [-0.1, -0.05) is 0 Å². The number of aromatic nitrogens is 2. The Bertz CT molecular complexity index is 535. The van der Waals surface area contributed by atoms with Crippen molar-refractivity contribution in [2.75, 3.05) is 17.6 Å². The highest BCUT2D eigenvalue weighted by molar-refractivity contribution is 5.94. The van der Waals surface area contributed by atoms with Gasteiger partial charge in [0.05, 0.1) is 17.5 Å². The van der Waals surface area contributed by atoms with Gasteiger partial charge in [0.15, 0.2) is 11.0 Å². The van der Waals surface area contributed by atoms with Gasteiger partial charge in [0.1, 0.15) is 0 Å². The van der Waals surface area contributed by atoms with Gasteiger partial charge in [-0.2, -0.15) is 0 Å². The van der Waals surface area contributed by atoms with Gasteiger partial charge < -0.3 is 16.2 Å². The van der Waals surface area contributed by atoms with Gasteiger partial charge in [-0.15, -0.1) is 0 Å². The fraction of sp³-hybridized carbons (Fsp3) is 0.455. The molecule has 0 aliphatic heterocycles. The van der Waals surface area contributed by atoms with E-state index in [0.717, 1.165) is 18.5 Å². The molecule has 1 aromatic heterocycles. The van der Waals surface area contributed by atoms with E-state index >= 15 is 0 Å². The molecule has 90 valence electrons. The molecule has 0 spiro atoms. The highest BCUT2D eigenvalue weighted by atomic mass is 16.6. The molecule has 1 saturated carbocycles. The number of nitrogens with one attached hydrogen (secondary N) is 1. The Morgan fingerprint density at radius 2 is 2.18 bits per heavy atom. The molecule has 0 bridgehead atoms. The predicted octanol–water partition coefficient (Wildman–Crippen LogP) is 0.988. The largest absolute Gasteiger partial charge is 0.397 e. The van der Waals surface area contributed by atoms with Gasteiger partial charge in [-0.25, -0.2) is 4.63 Å². The lowest BCUT2D eigenvalue weighted by atomic mass is 10.2. The van der Waals surface area contributed by atoms with Crippen LogP contribution in [0.3, 0.4) is 0 Å². The second kappa shape index (κ2) is 3.89. The monoisotopic (exact) mass is 234 g/mol. The summed E-state index contributed by atoms with van der Waals surface area (Å²) in [6, 6.07) is 3.57.